The Balaban J connectivity index is 2.91. The molecular formula is C11H17NO2S. The highest BCUT2D eigenvalue weighted by Crippen LogP contribution is 2.17. The monoisotopic (exact) mass is 227 g/mol. The van der Waals surface area contributed by atoms with Crippen molar-refractivity contribution < 1.29 is 8.42 Å². The third-order valence-corrected chi connectivity index (χ3v) is 2.77. The van der Waals surface area contributed by atoms with Gasteiger partial charge in [0.15, 0.2) is 0 Å². The second-order valence-corrected chi connectivity index (χ2v) is 5.51. The van der Waals surface area contributed by atoms with E-state index in [-0.39, 0.29) is 0 Å². The number of aryl methyl sites for hydroxylation is 2. The van der Waals surface area contributed by atoms with Crippen LogP contribution in [0.1, 0.15) is 24.5 Å². The fourth-order valence-corrected chi connectivity index (χ4v) is 2.08. The first kappa shape index (κ1) is 12.0. The molecule has 0 spiro atoms. The van der Waals surface area contributed by atoms with E-state index in [4.69, 9.17) is 0 Å². The highest BCUT2D eigenvalue weighted by molar-refractivity contribution is 7.92. The number of nitrogens with one attached hydrogen (secondary N) is 1. The number of rotatable bonds is 4. The van der Waals surface area contributed by atoms with Crippen molar-refractivity contribution in [3.8, 4) is 0 Å². The highest BCUT2D eigenvalue weighted by Gasteiger charge is 2.03. The maximum absolute atomic E-state index is 11.0. The van der Waals surface area contributed by atoms with Crippen molar-refractivity contribution >= 4 is 15.7 Å². The van der Waals surface area contributed by atoms with Crippen LogP contribution in [0.4, 0.5) is 5.69 Å². The van der Waals surface area contributed by atoms with Crippen molar-refractivity contribution in [1.29, 1.82) is 0 Å². The van der Waals surface area contributed by atoms with Crippen LogP contribution in [0.25, 0.3) is 0 Å². The van der Waals surface area contributed by atoms with Gasteiger partial charge in [0, 0.05) is 5.69 Å². The second kappa shape index (κ2) is 4.66. The third-order valence-electron chi connectivity index (χ3n) is 2.17. The summed E-state index contributed by atoms with van der Waals surface area (Å²) in [6.07, 6.45) is 3.28. The molecule has 0 aliphatic heterocycles. The van der Waals surface area contributed by atoms with Crippen LogP contribution in [-0.2, 0) is 16.4 Å². The van der Waals surface area contributed by atoms with E-state index in [1.807, 2.05) is 19.1 Å². The van der Waals surface area contributed by atoms with Crippen LogP contribution in [0.3, 0.4) is 0 Å². The third kappa shape index (κ3) is 3.91. The van der Waals surface area contributed by atoms with E-state index < -0.39 is 10.0 Å². The average Bonchev–Trinajstić information content (AvgIpc) is 2.07. The van der Waals surface area contributed by atoms with Gasteiger partial charge in [-0.3, -0.25) is 4.72 Å². The molecule has 0 atom stereocenters. The molecular weight excluding hydrogens is 210 g/mol. The van der Waals surface area contributed by atoms with E-state index in [0.29, 0.717) is 5.69 Å². The van der Waals surface area contributed by atoms with Crippen molar-refractivity contribution in [1.82, 2.24) is 0 Å². The standard InChI is InChI=1S/C11H17NO2S/c1-4-5-10-6-7-11(8-9(10)2)12-15(3,13)14/h6-8,12H,4-5H2,1-3H3. The molecule has 3 nitrogen and oxygen atoms in total. The zero-order chi connectivity index (χ0) is 11.5. The first-order chi connectivity index (χ1) is 6.92. The number of anilines is 1. The lowest BCUT2D eigenvalue weighted by Gasteiger charge is -2.08. The Morgan fingerprint density at radius 3 is 2.47 bits per heavy atom. The maximum Gasteiger partial charge on any atom is 0.229 e. The first-order valence-electron chi connectivity index (χ1n) is 4.99. The smallest absolute Gasteiger partial charge is 0.229 e. The molecule has 1 aromatic rings. The zero-order valence-electron chi connectivity index (χ0n) is 9.37. The van der Waals surface area contributed by atoms with Gasteiger partial charge in [-0.25, -0.2) is 8.42 Å². The van der Waals surface area contributed by atoms with Crippen LogP contribution < -0.4 is 4.72 Å². The van der Waals surface area contributed by atoms with E-state index in [0.717, 1.165) is 24.7 Å². The maximum atomic E-state index is 11.0. The average molecular weight is 227 g/mol. The van der Waals surface area contributed by atoms with E-state index in [9.17, 15) is 8.42 Å². The topological polar surface area (TPSA) is 46.2 Å². The second-order valence-electron chi connectivity index (χ2n) is 3.77. The van der Waals surface area contributed by atoms with Gasteiger partial charge in [0.1, 0.15) is 0 Å². The molecule has 0 aliphatic carbocycles. The lowest BCUT2D eigenvalue weighted by atomic mass is 10.0. The van der Waals surface area contributed by atoms with E-state index in [1.54, 1.807) is 6.07 Å². The highest BCUT2D eigenvalue weighted by atomic mass is 32.2. The summed E-state index contributed by atoms with van der Waals surface area (Å²) in [5.41, 5.74) is 3.04. The molecule has 1 aromatic carbocycles. The van der Waals surface area contributed by atoms with Crippen LogP contribution in [-0.4, -0.2) is 14.7 Å². The Morgan fingerprint density at radius 1 is 1.33 bits per heavy atom. The molecule has 0 aliphatic rings. The summed E-state index contributed by atoms with van der Waals surface area (Å²) in [7, 11) is -3.17. The molecule has 0 amide bonds. The van der Waals surface area contributed by atoms with Crippen LogP contribution in [0.5, 0.6) is 0 Å². The Bertz CT molecular complexity index is 438. The summed E-state index contributed by atoms with van der Waals surface area (Å²) in [5.74, 6) is 0. The molecule has 0 fully saturated rings. The lowest BCUT2D eigenvalue weighted by molar-refractivity contribution is 0.607. The molecule has 84 valence electrons. The van der Waals surface area contributed by atoms with Gasteiger partial charge in [-0.15, -0.1) is 0 Å². The molecule has 0 unspecified atom stereocenters. The molecule has 15 heavy (non-hydrogen) atoms. The molecule has 0 aromatic heterocycles. The fourth-order valence-electron chi connectivity index (χ4n) is 1.52. The van der Waals surface area contributed by atoms with Gasteiger partial charge in [0.2, 0.25) is 10.0 Å². The van der Waals surface area contributed by atoms with Crippen molar-refractivity contribution in [3.05, 3.63) is 29.3 Å². The van der Waals surface area contributed by atoms with Gasteiger partial charge in [-0.1, -0.05) is 19.4 Å². The predicted molar refractivity (Wildman–Crippen MR) is 63.6 cm³/mol. The molecule has 1 rings (SSSR count). The SMILES string of the molecule is CCCc1ccc(NS(C)(=O)=O)cc1C. The van der Waals surface area contributed by atoms with E-state index in [1.165, 1.54) is 5.56 Å². The van der Waals surface area contributed by atoms with Gasteiger partial charge in [0.25, 0.3) is 0 Å². The van der Waals surface area contributed by atoms with E-state index in [2.05, 4.69) is 11.6 Å². The number of hydrogen-bond acceptors (Lipinski definition) is 2. The zero-order valence-corrected chi connectivity index (χ0v) is 10.2. The predicted octanol–water partition coefficient (Wildman–Crippen LogP) is 2.32. The number of hydrogen-bond donors (Lipinski definition) is 1. The van der Waals surface area contributed by atoms with Crippen LogP contribution >= 0.6 is 0 Å². The van der Waals surface area contributed by atoms with Crippen LogP contribution in [0.2, 0.25) is 0 Å². The largest absolute Gasteiger partial charge is 0.284 e. The van der Waals surface area contributed by atoms with Crippen molar-refractivity contribution in [3.63, 3.8) is 0 Å². The molecule has 0 heterocycles. The van der Waals surface area contributed by atoms with Gasteiger partial charge >= 0.3 is 0 Å². The minimum absolute atomic E-state index is 0.634. The quantitative estimate of drug-likeness (QED) is 0.858. The van der Waals surface area contributed by atoms with Gasteiger partial charge in [-0.05, 0) is 36.6 Å². The Hall–Kier alpha value is -1.03. The lowest BCUT2D eigenvalue weighted by Crippen LogP contribution is -2.09. The van der Waals surface area contributed by atoms with Crippen LogP contribution in [0.15, 0.2) is 18.2 Å². The summed E-state index contributed by atoms with van der Waals surface area (Å²) in [6.45, 7) is 4.13. The first-order valence-corrected chi connectivity index (χ1v) is 6.89. The minimum Gasteiger partial charge on any atom is -0.284 e. The Labute approximate surface area is 91.6 Å². The Kier molecular flexibility index (Phi) is 3.74. The molecule has 4 heteroatoms. The van der Waals surface area contributed by atoms with Gasteiger partial charge in [0.05, 0.1) is 6.26 Å². The summed E-state index contributed by atoms with van der Waals surface area (Å²) in [4.78, 5) is 0. The Morgan fingerprint density at radius 2 is 2.00 bits per heavy atom. The number of benzene rings is 1. The summed E-state index contributed by atoms with van der Waals surface area (Å²) in [5, 5.41) is 0. The molecule has 1 N–H and O–H groups in total. The summed E-state index contributed by atoms with van der Waals surface area (Å²) >= 11 is 0. The van der Waals surface area contributed by atoms with Crippen molar-refractivity contribution in [2.24, 2.45) is 0 Å². The molecule has 0 bridgehead atoms. The minimum atomic E-state index is -3.17. The summed E-state index contributed by atoms with van der Waals surface area (Å²) < 4.78 is 24.5. The number of sulfonamides is 1. The van der Waals surface area contributed by atoms with Gasteiger partial charge in [-0.2, -0.15) is 0 Å². The summed E-state index contributed by atoms with van der Waals surface area (Å²) in [6, 6.07) is 5.65. The van der Waals surface area contributed by atoms with Crippen molar-refractivity contribution in [2.75, 3.05) is 11.0 Å². The van der Waals surface area contributed by atoms with Crippen LogP contribution in [0, 0.1) is 6.92 Å². The van der Waals surface area contributed by atoms with Gasteiger partial charge < -0.3 is 0 Å². The molecule has 0 saturated heterocycles. The molecule has 0 saturated carbocycles. The van der Waals surface area contributed by atoms with Crippen molar-refractivity contribution in [2.45, 2.75) is 26.7 Å². The normalized spacial score (nSPS) is 11.4. The molecule has 0 radical (unpaired) electrons. The van der Waals surface area contributed by atoms with E-state index >= 15 is 0 Å². The fraction of sp³-hybridized carbons (Fsp3) is 0.455.